The first-order valence-electron chi connectivity index (χ1n) is 10.8. The molecule has 0 saturated heterocycles. The van der Waals surface area contributed by atoms with Crippen LogP contribution in [0.3, 0.4) is 0 Å². The summed E-state index contributed by atoms with van der Waals surface area (Å²) in [7, 11) is -3.96. The van der Waals surface area contributed by atoms with Gasteiger partial charge in [0.15, 0.2) is 6.61 Å². The Labute approximate surface area is 204 Å². The number of benzene rings is 2. The Morgan fingerprint density at radius 2 is 1.86 bits per heavy atom. The number of hydrogen-bond acceptors (Lipinski definition) is 6. The second-order valence-electron chi connectivity index (χ2n) is 8.02. The Morgan fingerprint density at radius 1 is 1.11 bits per heavy atom. The highest BCUT2D eigenvalue weighted by atomic mass is 32.2. The van der Waals surface area contributed by atoms with Crippen molar-refractivity contribution in [3.8, 4) is 22.8 Å². The molecule has 1 aliphatic rings. The van der Waals surface area contributed by atoms with Gasteiger partial charge in [-0.05, 0) is 72.9 Å². The van der Waals surface area contributed by atoms with Crippen LogP contribution in [0.15, 0.2) is 65.7 Å². The number of nitrogens with one attached hydrogen (secondary N) is 1. The molecule has 3 aromatic rings. The number of sulfonamides is 1. The molecule has 1 aliphatic carbocycles. The van der Waals surface area contributed by atoms with Gasteiger partial charge in [0, 0.05) is 17.8 Å². The molecular formula is C24H21F3N2O6S. The lowest BCUT2D eigenvalue weighted by molar-refractivity contribution is -0.274. The van der Waals surface area contributed by atoms with E-state index in [0.717, 1.165) is 23.3 Å². The molecule has 0 spiro atoms. The highest BCUT2D eigenvalue weighted by Crippen LogP contribution is 2.36. The number of nitrogens with zero attached hydrogens (tertiary/aromatic N) is 1. The van der Waals surface area contributed by atoms with E-state index >= 15 is 0 Å². The van der Waals surface area contributed by atoms with Gasteiger partial charge in [0.05, 0.1) is 5.69 Å². The van der Waals surface area contributed by atoms with Crippen molar-refractivity contribution >= 4 is 16.0 Å². The van der Waals surface area contributed by atoms with Crippen molar-refractivity contribution in [3.05, 3.63) is 71.9 Å². The molecule has 2 N–H and O–H groups in total. The van der Waals surface area contributed by atoms with Gasteiger partial charge in [0.25, 0.3) is 0 Å². The zero-order chi connectivity index (χ0) is 25.9. The third kappa shape index (κ3) is 6.13. The van der Waals surface area contributed by atoms with E-state index in [-0.39, 0.29) is 10.6 Å². The molecule has 2 aromatic carbocycles. The Kier molecular flexibility index (Phi) is 7.18. The van der Waals surface area contributed by atoms with Crippen LogP contribution >= 0.6 is 0 Å². The lowest BCUT2D eigenvalue weighted by Crippen LogP contribution is -2.31. The third-order valence-electron chi connectivity index (χ3n) is 5.54. The summed E-state index contributed by atoms with van der Waals surface area (Å²) in [5.41, 5.74) is 2.34. The molecule has 190 valence electrons. The minimum absolute atomic E-state index is 0.0753. The first kappa shape index (κ1) is 25.5. The van der Waals surface area contributed by atoms with Crippen LogP contribution < -0.4 is 14.2 Å². The van der Waals surface area contributed by atoms with E-state index in [1.54, 1.807) is 18.2 Å². The topological polar surface area (TPSA) is 115 Å². The van der Waals surface area contributed by atoms with Crippen LogP contribution in [0, 0.1) is 0 Å². The molecule has 12 heteroatoms. The number of fused-ring (bicyclic) bond motifs is 1. The molecular weight excluding hydrogens is 501 g/mol. The number of carbonyl (C=O) groups is 1. The SMILES string of the molecule is O=C(O)COc1cccc2c1CCCC2NS(=O)(=O)c1ccc(-c2ccc(OC(F)(F)F)cc2)nc1. The summed E-state index contributed by atoms with van der Waals surface area (Å²) < 4.78 is 75.0. The minimum Gasteiger partial charge on any atom is -0.482 e. The Balaban J connectivity index is 1.50. The number of alkyl halides is 3. The predicted octanol–water partition coefficient (Wildman–Crippen LogP) is 4.47. The monoisotopic (exact) mass is 522 g/mol. The molecule has 0 amide bonds. The van der Waals surface area contributed by atoms with Gasteiger partial charge in [-0.15, -0.1) is 13.2 Å². The number of ether oxygens (including phenoxy) is 2. The van der Waals surface area contributed by atoms with E-state index in [9.17, 15) is 26.4 Å². The maximum absolute atomic E-state index is 13.1. The number of halogens is 3. The number of pyridine rings is 1. The van der Waals surface area contributed by atoms with E-state index in [1.165, 1.54) is 30.5 Å². The van der Waals surface area contributed by atoms with Gasteiger partial charge in [0.2, 0.25) is 10.0 Å². The maximum Gasteiger partial charge on any atom is 0.573 e. The van der Waals surface area contributed by atoms with E-state index in [4.69, 9.17) is 9.84 Å². The van der Waals surface area contributed by atoms with Crippen LogP contribution in [0.2, 0.25) is 0 Å². The van der Waals surface area contributed by atoms with Crippen molar-refractivity contribution in [1.82, 2.24) is 9.71 Å². The lowest BCUT2D eigenvalue weighted by atomic mass is 9.87. The maximum atomic E-state index is 13.1. The quantitative estimate of drug-likeness (QED) is 0.449. The molecule has 1 atom stereocenters. The number of carboxylic acids is 1. The highest BCUT2D eigenvalue weighted by Gasteiger charge is 2.31. The van der Waals surface area contributed by atoms with E-state index in [2.05, 4.69) is 14.4 Å². The van der Waals surface area contributed by atoms with Crippen LogP contribution in [0.25, 0.3) is 11.3 Å². The minimum atomic E-state index is -4.80. The number of carboxylic acid groups (broad SMARTS) is 1. The average molecular weight is 523 g/mol. The van der Waals surface area contributed by atoms with Gasteiger partial charge in [-0.2, -0.15) is 0 Å². The van der Waals surface area contributed by atoms with Crippen LogP contribution in [0.1, 0.15) is 30.0 Å². The molecule has 4 rings (SSSR count). The molecule has 0 radical (unpaired) electrons. The van der Waals surface area contributed by atoms with Gasteiger partial charge in [0.1, 0.15) is 16.4 Å². The van der Waals surface area contributed by atoms with Gasteiger partial charge in [-0.3, -0.25) is 4.98 Å². The normalized spacial score (nSPS) is 15.7. The molecule has 1 unspecified atom stereocenters. The largest absolute Gasteiger partial charge is 0.573 e. The summed E-state index contributed by atoms with van der Waals surface area (Å²) in [5.74, 6) is -1.07. The first-order chi connectivity index (χ1) is 17.0. The molecule has 0 bridgehead atoms. The second kappa shape index (κ2) is 10.2. The molecule has 0 fully saturated rings. The Bertz CT molecular complexity index is 1340. The summed E-state index contributed by atoms with van der Waals surface area (Å²) in [4.78, 5) is 14.9. The zero-order valence-corrected chi connectivity index (χ0v) is 19.5. The first-order valence-corrected chi connectivity index (χ1v) is 12.3. The van der Waals surface area contributed by atoms with E-state index in [1.807, 2.05) is 0 Å². The van der Waals surface area contributed by atoms with E-state index < -0.39 is 35.0 Å². The van der Waals surface area contributed by atoms with Gasteiger partial charge in [-0.25, -0.2) is 17.9 Å². The van der Waals surface area contributed by atoms with Crippen molar-refractivity contribution in [2.75, 3.05) is 6.61 Å². The summed E-state index contributed by atoms with van der Waals surface area (Å²) in [5, 5.41) is 8.89. The fourth-order valence-electron chi connectivity index (χ4n) is 4.00. The third-order valence-corrected chi connectivity index (χ3v) is 7.00. The van der Waals surface area contributed by atoms with Gasteiger partial charge in [-0.1, -0.05) is 12.1 Å². The standard InChI is InChI=1S/C24H21F3N2O6S/c25-24(26,27)35-16-9-7-15(8-10-16)20-12-11-17(13-28-20)36(32,33)29-21-5-1-4-19-18(21)3-2-6-22(19)34-14-23(30)31/h2-3,6-13,21,29H,1,4-5,14H2,(H,30,31). The van der Waals surface area contributed by atoms with Crippen molar-refractivity contribution in [2.24, 2.45) is 0 Å². The summed E-state index contributed by atoms with van der Waals surface area (Å²) in [6.07, 6.45) is -1.76. The van der Waals surface area contributed by atoms with Crippen molar-refractivity contribution < 1.29 is 41.0 Å². The molecule has 1 heterocycles. The fraction of sp³-hybridized carbons (Fsp3) is 0.250. The molecule has 1 aromatic heterocycles. The molecule has 0 saturated carbocycles. The van der Waals surface area contributed by atoms with Crippen molar-refractivity contribution in [3.63, 3.8) is 0 Å². The summed E-state index contributed by atoms with van der Waals surface area (Å²) >= 11 is 0. The van der Waals surface area contributed by atoms with Crippen LogP contribution in [0.4, 0.5) is 13.2 Å². The summed E-state index contributed by atoms with van der Waals surface area (Å²) in [6.45, 7) is -0.497. The molecule has 36 heavy (non-hydrogen) atoms. The van der Waals surface area contributed by atoms with Crippen molar-refractivity contribution in [2.45, 2.75) is 36.6 Å². The second-order valence-corrected chi connectivity index (χ2v) is 9.74. The zero-order valence-electron chi connectivity index (χ0n) is 18.7. The number of hydrogen-bond donors (Lipinski definition) is 2. The van der Waals surface area contributed by atoms with Crippen LogP contribution in [-0.4, -0.2) is 37.4 Å². The number of aliphatic carboxylic acids is 1. The Hall–Kier alpha value is -3.64. The number of rotatable bonds is 8. The van der Waals surface area contributed by atoms with E-state index in [0.29, 0.717) is 36.3 Å². The summed E-state index contributed by atoms with van der Waals surface area (Å²) in [6, 6.07) is 12.5. The Morgan fingerprint density at radius 3 is 2.50 bits per heavy atom. The molecule has 0 aliphatic heterocycles. The highest BCUT2D eigenvalue weighted by molar-refractivity contribution is 7.89. The smallest absolute Gasteiger partial charge is 0.482 e. The van der Waals surface area contributed by atoms with Gasteiger partial charge >= 0.3 is 12.3 Å². The van der Waals surface area contributed by atoms with Gasteiger partial charge < -0.3 is 14.6 Å². The van der Waals surface area contributed by atoms with Crippen molar-refractivity contribution in [1.29, 1.82) is 0 Å². The fourth-order valence-corrected chi connectivity index (χ4v) is 5.20. The lowest BCUT2D eigenvalue weighted by Gasteiger charge is -2.27. The average Bonchev–Trinajstić information content (AvgIpc) is 2.82. The van der Waals surface area contributed by atoms with Crippen LogP contribution in [0.5, 0.6) is 11.5 Å². The van der Waals surface area contributed by atoms with Crippen LogP contribution in [-0.2, 0) is 21.2 Å². The molecule has 8 nitrogen and oxygen atoms in total. The number of aromatic nitrogens is 1. The predicted molar refractivity (Wildman–Crippen MR) is 122 cm³/mol.